The van der Waals surface area contributed by atoms with Crippen LogP contribution in [0.2, 0.25) is 0 Å². The number of rotatable bonds is 4. The van der Waals surface area contributed by atoms with Crippen molar-refractivity contribution in [3.05, 3.63) is 0 Å². The molecule has 0 aromatic rings. The second-order valence-corrected chi connectivity index (χ2v) is 7.53. The van der Waals surface area contributed by atoms with Crippen molar-refractivity contribution in [3.63, 3.8) is 0 Å². The van der Waals surface area contributed by atoms with Crippen LogP contribution < -0.4 is 0 Å². The normalized spacial score (nSPS) is 31.9. The molecule has 0 bridgehead atoms. The molecule has 0 radical (unpaired) electrons. The molecular weight excluding hydrogens is 272 g/mol. The number of hydrogen-bond donors (Lipinski definition) is 0. The lowest BCUT2D eigenvalue weighted by Crippen LogP contribution is -2.50. The van der Waals surface area contributed by atoms with Crippen molar-refractivity contribution in [1.29, 1.82) is 0 Å². The fraction of sp³-hybridized carbons (Fsp3) is 1.00. The van der Waals surface area contributed by atoms with E-state index >= 15 is 0 Å². The van der Waals surface area contributed by atoms with Crippen LogP contribution >= 0.6 is 11.6 Å². The predicted octanol–water partition coefficient (Wildman–Crippen LogP) is 2.06. The van der Waals surface area contributed by atoms with Gasteiger partial charge in [0, 0.05) is 31.6 Å². The second-order valence-electron chi connectivity index (χ2n) is 5.34. The Balaban J connectivity index is 2.10. The number of hydrogen-bond acceptors (Lipinski definition) is 2. The zero-order valence-corrected chi connectivity index (χ0v) is 12.6. The van der Waals surface area contributed by atoms with Gasteiger partial charge in [-0.3, -0.25) is 0 Å². The van der Waals surface area contributed by atoms with Crippen LogP contribution in [0.15, 0.2) is 0 Å². The second kappa shape index (κ2) is 6.07. The maximum atomic E-state index is 12.6. The van der Waals surface area contributed by atoms with E-state index in [0.717, 1.165) is 32.1 Å². The first-order valence-corrected chi connectivity index (χ1v) is 8.85. The molecule has 0 aromatic heterocycles. The van der Waals surface area contributed by atoms with Crippen molar-refractivity contribution in [2.24, 2.45) is 5.92 Å². The van der Waals surface area contributed by atoms with Crippen LogP contribution in [0.3, 0.4) is 0 Å². The molecule has 2 heterocycles. The molecule has 0 aliphatic carbocycles. The fourth-order valence-electron chi connectivity index (χ4n) is 2.92. The van der Waals surface area contributed by atoms with Gasteiger partial charge in [-0.25, -0.2) is 0 Å². The molecule has 0 saturated carbocycles. The zero-order valence-electron chi connectivity index (χ0n) is 11.0. The van der Waals surface area contributed by atoms with Crippen molar-refractivity contribution in [3.8, 4) is 0 Å². The molecule has 2 saturated heterocycles. The molecular formula is C12H23ClN2O2S. The molecule has 2 aliphatic heterocycles. The Bertz CT molecular complexity index is 374. The van der Waals surface area contributed by atoms with Gasteiger partial charge < -0.3 is 0 Å². The summed E-state index contributed by atoms with van der Waals surface area (Å²) in [6.45, 7) is 4.12. The maximum Gasteiger partial charge on any atom is 0.282 e. The Hall–Kier alpha value is 0.160. The van der Waals surface area contributed by atoms with Crippen LogP contribution in [-0.4, -0.2) is 48.6 Å². The first kappa shape index (κ1) is 14.6. The van der Waals surface area contributed by atoms with E-state index in [2.05, 4.69) is 6.92 Å². The largest absolute Gasteiger partial charge is 0.282 e. The van der Waals surface area contributed by atoms with Crippen LogP contribution in [0.25, 0.3) is 0 Å². The number of piperidine rings is 1. The predicted molar refractivity (Wildman–Crippen MR) is 74.0 cm³/mol. The van der Waals surface area contributed by atoms with Gasteiger partial charge in [-0.2, -0.15) is 17.0 Å². The van der Waals surface area contributed by atoms with Crippen LogP contribution in [0.5, 0.6) is 0 Å². The van der Waals surface area contributed by atoms with Gasteiger partial charge in [-0.15, -0.1) is 11.6 Å². The Labute approximate surface area is 115 Å². The summed E-state index contributed by atoms with van der Waals surface area (Å²) in [7, 11) is -3.28. The van der Waals surface area contributed by atoms with Crippen molar-refractivity contribution in [2.45, 2.75) is 45.1 Å². The van der Waals surface area contributed by atoms with E-state index in [1.54, 1.807) is 8.61 Å². The quantitative estimate of drug-likeness (QED) is 0.745. The van der Waals surface area contributed by atoms with Crippen molar-refractivity contribution < 1.29 is 8.42 Å². The van der Waals surface area contributed by atoms with E-state index in [-0.39, 0.29) is 6.04 Å². The minimum atomic E-state index is -3.28. The SMILES string of the molecule is CCC1CCN(S(=O)(=O)N2CCCCC2CCl)C1. The van der Waals surface area contributed by atoms with E-state index in [4.69, 9.17) is 11.6 Å². The zero-order chi connectivity index (χ0) is 13.2. The summed E-state index contributed by atoms with van der Waals surface area (Å²) in [5, 5.41) is 0. The molecule has 18 heavy (non-hydrogen) atoms. The van der Waals surface area contributed by atoms with Crippen LogP contribution in [0.4, 0.5) is 0 Å². The topological polar surface area (TPSA) is 40.6 Å². The molecule has 0 amide bonds. The first-order chi connectivity index (χ1) is 8.59. The van der Waals surface area contributed by atoms with Gasteiger partial charge in [0.15, 0.2) is 0 Å². The van der Waals surface area contributed by atoms with Crippen LogP contribution in [-0.2, 0) is 10.2 Å². The van der Waals surface area contributed by atoms with Gasteiger partial charge in [0.2, 0.25) is 0 Å². The van der Waals surface area contributed by atoms with Crippen molar-refractivity contribution in [1.82, 2.24) is 8.61 Å². The van der Waals surface area contributed by atoms with Crippen molar-refractivity contribution in [2.75, 3.05) is 25.5 Å². The summed E-state index contributed by atoms with van der Waals surface area (Å²) in [5.41, 5.74) is 0. The smallest absolute Gasteiger partial charge is 0.195 e. The van der Waals surface area contributed by atoms with Gasteiger partial charge in [0.05, 0.1) is 0 Å². The first-order valence-electron chi connectivity index (χ1n) is 6.92. The van der Waals surface area contributed by atoms with Gasteiger partial charge in [0.25, 0.3) is 10.2 Å². The monoisotopic (exact) mass is 294 g/mol. The third kappa shape index (κ3) is 2.84. The molecule has 0 aromatic carbocycles. The maximum absolute atomic E-state index is 12.6. The van der Waals surface area contributed by atoms with Gasteiger partial charge in [0.1, 0.15) is 0 Å². The van der Waals surface area contributed by atoms with E-state index in [9.17, 15) is 8.42 Å². The highest BCUT2D eigenvalue weighted by Crippen LogP contribution is 2.28. The molecule has 6 heteroatoms. The molecule has 2 unspecified atom stereocenters. The highest BCUT2D eigenvalue weighted by Gasteiger charge is 2.38. The third-order valence-corrected chi connectivity index (χ3v) is 6.61. The average molecular weight is 295 g/mol. The Kier molecular flexibility index (Phi) is 4.92. The fourth-order valence-corrected chi connectivity index (χ4v) is 5.27. The summed E-state index contributed by atoms with van der Waals surface area (Å²) >= 11 is 5.92. The minimum absolute atomic E-state index is 0.00825. The Morgan fingerprint density at radius 3 is 2.61 bits per heavy atom. The molecule has 106 valence electrons. The molecule has 2 atom stereocenters. The lowest BCUT2D eigenvalue weighted by Gasteiger charge is -2.36. The molecule has 4 nitrogen and oxygen atoms in total. The molecule has 2 aliphatic rings. The van der Waals surface area contributed by atoms with E-state index in [0.29, 0.717) is 31.4 Å². The van der Waals surface area contributed by atoms with E-state index in [1.165, 1.54) is 0 Å². The number of halogens is 1. The standard InChI is InChI=1S/C12H23ClN2O2S/c1-2-11-6-8-14(10-11)18(16,17)15-7-4-3-5-12(15)9-13/h11-12H,2-10H2,1H3. The summed E-state index contributed by atoms with van der Waals surface area (Å²) in [6.07, 6.45) is 4.99. The summed E-state index contributed by atoms with van der Waals surface area (Å²) in [5.74, 6) is 0.934. The van der Waals surface area contributed by atoms with Crippen molar-refractivity contribution >= 4 is 21.8 Å². The molecule has 2 rings (SSSR count). The summed E-state index contributed by atoms with van der Waals surface area (Å²) in [4.78, 5) is 0. The molecule has 0 spiro atoms. The lowest BCUT2D eigenvalue weighted by atomic mass is 10.1. The molecule has 0 N–H and O–H groups in total. The van der Waals surface area contributed by atoms with Crippen LogP contribution in [0, 0.1) is 5.92 Å². The van der Waals surface area contributed by atoms with Crippen LogP contribution in [0.1, 0.15) is 39.0 Å². The lowest BCUT2D eigenvalue weighted by molar-refractivity contribution is 0.251. The van der Waals surface area contributed by atoms with E-state index < -0.39 is 10.2 Å². The number of nitrogens with zero attached hydrogens (tertiary/aromatic N) is 2. The Morgan fingerprint density at radius 1 is 1.22 bits per heavy atom. The summed E-state index contributed by atoms with van der Waals surface area (Å²) in [6, 6.07) is -0.00825. The minimum Gasteiger partial charge on any atom is -0.195 e. The highest BCUT2D eigenvalue weighted by molar-refractivity contribution is 7.86. The summed E-state index contributed by atoms with van der Waals surface area (Å²) < 4.78 is 28.5. The highest BCUT2D eigenvalue weighted by atomic mass is 35.5. The van der Waals surface area contributed by atoms with E-state index in [1.807, 2.05) is 0 Å². The van der Waals surface area contributed by atoms with Gasteiger partial charge >= 0.3 is 0 Å². The van der Waals surface area contributed by atoms with Gasteiger partial charge in [-0.1, -0.05) is 19.8 Å². The average Bonchev–Trinajstić information content (AvgIpc) is 2.88. The van der Waals surface area contributed by atoms with Gasteiger partial charge in [-0.05, 0) is 25.2 Å². The third-order valence-electron chi connectivity index (χ3n) is 4.20. The number of alkyl halides is 1. The Morgan fingerprint density at radius 2 is 2.00 bits per heavy atom. The molecule has 2 fully saturated rings.